The SMILES string of the molecule is N[C@@]1(C(=O)O)CN(C(=O)[C@H]2CCCOC2)C[C@@H]1CCCB(O)O. The van der Waals surface area contributed by atoms with Gasteiger partial charge >= 0.3 is 13.1 Å². The van der Waals surface area contributed by atoms with Crippen molar-refractivity contribution in [3.63, 3.8) is 0 Å². The summed E-state index contributed by atoms with van der Waals surface area (Å²) in [6.45, 7) is 1.32. The number of hydrogen-bond acceptors (Lipinski definition) is 6. The van der Waals surface area contributed by atoms with Crippen LogP contribution in [-0.2, 0) is 14.3 Å². The van der Waals surface area contributed by atoms with E-state index in [4.69, 9.17) is 20.5 Å². The average molecular weight is 328 g/mol. The Labute approximate surface area is 135 Å². The fraction of sp³-hybridized carbons (Fsp3) is 0.857. The molecule has 2 aliphatic rings. The Bertz CT molecular complexity index is 443. The van der Waals surface area contributed by atoms with Crippen molar-refractivity contribution in [2.75, 3.05) is 26.3 Å². The molecule has 5 N–H and O–H groups in total. The van der Waals surface area contributed by atoms with E-state index in [9.17, 15) is 14.7 Å². The van der Waals surface area contributed by atoms with Crippen molar-refractivity contribution in [1.82, 2.24) is 4.90 Å². The van der Waals surface area contributed by atoms with Crippen molar-refractivity contribution < 1.29 is 29.5 Å². The summed E-state index contributed by atoms with van der Waals surface area (Å²) in [6, 6.07) is 0. The highest BCUT2D eigenvalue weighted by atomic mass is 16.5. The minimum Gasteiger partial charge on any atom is -0.480 e. The Balaban J connectivity index is 2.00. The Morgan fingerprint density at radius 3 is 2.70 bits per heavy atom. The smallest absolute Gasteiger partial charge is 0.451 e. The number of carbonyl (C=O) groups excluding carboxylic acids is 1. The summed E-state index contributed by atoms with van der Waals surface area (Å²) in [5, 5.41) is 27.3. The minimum absolute atomic E-state index is 0.00991. The van der Waals surface area contributed by atoms with Crippen LogP contribution in [0.5, 0.6) is 0 Å². The van der Waals surface area contributed by atoms with Gasteiger partial charge in [-0.3, -0.25) is 9.59 Å². The number of nitrogens with zero attached hydrogens (tertiary/aromatic N) is 1. The Hall–Kier alpha value is -1.16. The lowest BCUT2D eigenvalue weighted by Gasteiger charge is -2.27. The second-order valence-corrected chi connectivity index (χ2v) is 6.59. The van der Waals surface area contributed by atoms with Crippen LogP contribution in [-0.4, -0.2) is 70.9 Å². The van der Waals surface area contributed by atoms with Gasteiger partial charge in [0.1, 0.15) is 5.54 Å². The van der Waals surface area contributed by atoms with E-state index in [1.165, 1.54) is 4.90 Å². The number of aliphatic carboxylic acids is 1. The maximum absolute atomic E-state index is 12.6. The number of rotatable bonds is 6. The van der Waals surface area contributed by atoms with E-state index in [1.54, 1.807) is 0 Å². The lowest BCUT2D eigenvalue weighted by Crippen LogP contribution is -2.55. The molecule has 2 fully saturated rings. The number of carboxylic acids is 1. The molecule has 9 heteroatoms. The number of hydrogen-bond donors (Lipinski definition) is 4. The zero-order chi connectivity index (χ0) is 17.0. The molecule has 0 radical (unpaired) electrons. The Morgan fingerprint density at radius 2 is 2.13 bits per heavy atom. The van der Waals surface area contributed by atoms with Crippen LogP contribution < -0.4 is 5.73 Å². The normalized spacial score (nSPS) is 31.2. The molecule has 0 spiro atoms. The molecule has 1 amide bonds. The summed E-state index contributed by atoms with van der Waals surface area (Å²) in [5.74, 6) is -1.83. The van der Waals surface area contributed by atoms with Crippen LogP contribution in [0.2, 0.25) is 6.32 Å². The highest BCUT2D eigenvalue weighted by Gasteiger charge is 2.51. The molecular formula is C14H25BN2O6. The molecule has 2 heterocycles. The molecule has 0 aromatic heterocycles. The molecule has 0 unspecified atom stereocenters. The fourth-order valence-corrected chi connectivity index (χ4v) is 3.44. The van der Waals surface area contributed by atoms with E-state index in [1.807, 2.05) is 0 Å². The van der Waals surface area contributed by atoms with E-state index in [-0.39, 0.29) is 24.7 Å². The second-order valence-electron chi connectivity index (χ2n) is 6.59. The number of amides is 1. The van der Waals surface area contributed by atoms with Gasteiger partial charge in [0.25, 0.3) is 0 Å². The van der Waals surface area contributed by atoms with Crippen molar-refractivity contribution >= 4 is 19.0 Å². The van der Waals surface area contributed by atoms with E-state index in [2.05, 4.69) is 0 Å². The summed E-state index contributed by atoms with van der Waals surface area (Å²) in [5.41, 5.74) is 4.59. The van der Waals surface area contributed by atoms with Gasteiger partial charge in [-0.1, -0.05) is 6.42 Å². The molecule has 3 atom stereocenters. The number of carboxylic acid groups (broad SMARTS) is 1. The van der Waals surface area contributed by atoms with Gasteiger partial charge in [0.15, 0.2) is 0 Å². The Kier molecular flexibility index (Phi) is 6.02. The molecule has 23 heavy (non-hydrogen) atoms. The highest BCUT2D eigenvalue weighted by Crippen LogP contribution is 2.32. The molecule has 0 aliphatic carbocycles. The van der Waals surface area contributed by atoms with Gasteiger partial charge in [0, 0.05) is 25.6 Å². The van der Waals surface area contributed by atoms with Crippen LogP contribution in [0.1, 0.15) is 25.7 Å². The van der Waals surface area contributed by atoms with Gasteiger partial charge < -0.3 is 30.5 Å². The molecule has 0 aromatic rings. The van der Waals surface area contributed by atoms with Crippen molar-refractivity contribution in [3.05, 3.63) is 0 Å². The fourth-order valence-electron chi connectivity index (χ4n) is 3.44. The predicted octanol–water partition coefficient (Wildman–Crippen LogP) is -1.09. The summed E-state index contributed by atoms with van der Waals surface area (Å²) in [7, 11) is -1.41. The van der Waals surface area contributed by atoms with Crippen molar-refractivity contribution in [1.29, 1.82) is 0 Å². The molecular weight excluding hydrogens is 303 g/mol. The maximum atomic E-state index is 12.6. The monoisotopic (exact) mass is 328 g/mol. The Morgan fingerprint density at radius 1 is 1.39 bits per heavy atom. The molecule has 0 aromatic carbocycles. The van der Waals surface area contributed by atoms with Crippen LogP contribution in [0.25, 0.3) is 0 Å². The standard InChI is InChI=1S/C14H25BN2O6/c16-14(13(19)20)9-17(7-11(14)4-1-5-15(21)22)12(18)10-3-2-6-23-8-10/h10-11,21-22H,1-9,16H2,(H,19,20)/t10-,11-,14-/m0/s1. The van der Waals surface area contributed by atoms with E-state index in [0.29, 0.717) is 32.6 Å². The van der Waals surface area contributed by atoms with Crippen LogP contribution in [0, 0.1) is 11.8 Å². The topological polar surface area (TPSA) is 133 Å². The van der Waals surface area contributed by atoms with E-state index in [0.717, 1.165) is 12.8 Å². The number of likely N-dealkylation sites (tertiary alicyclic amines) is 1. The zero-order valence-electron chi connectivity index (χ0n) is 13.2. The third-order valence-electron chi connectivity index (χ3n) is 4.86. The molecule has 2 aliphatic heterocycles. The van der Waals surface area contributed by atoms with Crippen LogP contribution in [0.15, 0.2) is 0 Å². The van der Waals surface area contributed by atoms with Gasteiger partial charge in [0.2, 0.25) is 5.91 Å². The molecule has 8 nitrogen and oxygen atoms in total. The quantitative estimate of drug-likeness (QED) is 0.455. The molecule has 0 bridgehead atoms. The van der Waals surface area contributed by atoms with Crippen LogP contribution >= 0.6 is 0 Å². The van der Waals surface area contributed by atoms with Crippen molar-refractivity contribution in [2.24, 2.45) is 17.6 Å². The summed E-state index contributed by atoms with van der Waals surface area (Å²) < 4.78 is 5.33. The number of ether oxygens (including phenoxy) is 1. The van der Waals surface area contributed by atoms with Gasteiger partial charge in [-0.2, -0.15) is 0 Å². The summed E-state index contributed by atoms with van der Waals surface area (Å²) in [4.78, 5) is 25.7. The predicted molar refractivity (Wildman–Crippen MR) is 82.4 cm³/mol. The van der Waals surface area contributed by atoms with Gasteiger partial charge in [-0.25, -0.2) is 0 Å². The number of carbonyl (C=O) groups is 2. The highest BCUT2D eigenvalue weighted by molar-refractivity contribution is 6.40. The van der Waals surface area contributed by atoms with Crippen LogP contribution in [0.4, 0.5) is 0 Å². The van der Waals surface area contributed by atoms with E-state index < -0.39 is 24.5 Å². The molecule has 130 valence electrons. The average Bonchev–Trinajstić information content (AvgIpc) is 2.86. The molecule has 0 saturated carbocycles. The summed E-state index contributed by atoms with van der Waals surface area (Å²) >= 11 is 0. The lowest BCUT2D eigenvalue weighted by atomic mass is 9.78. The van der Waals surface area contributed by atoms with Gasteiger partial charge in [0.05, 0.1) is 12.5 Å². The molecule has 2 rings (SSSR count). The van der Waals surface area contributed by atoms with Crippen LogP contribution in [0.3, 0.4) is 0 Å². The largest absolute Gasteiger partial charge is 0.480 e. The minimum atomic E-state index is -1.48. The summed E-state index contributed by atoms with van der Waals surface area (Å²) in [6.07, 6.45) is 2.63. The number of nitrogens with two attached hydrogens (primary N) is 1. The van der Waals surface area contributed by atoms with Gasteiger partial charge in [-0.05, 0) is 25.6 Å². The van der Waals surface area contributed by atoms with Crippen molar-refractivity contribution in [2.45, 2.75) is 37.5 Å². The first-order valence-corrected chi connectivity index (χ1v) is 8.09. The first kappa shape index (κ1) is 18.2. The zero-order valence-corrected chi connectivity index (χ0v) is 13.2. The van der Waals surface area contributed by atoms with Crippen molar-refractivity contribution in [3.8, 4) is 0 Å². The van der Waals surface area contributed by atoms with Gasteiger partial charge in [-0.15, -0.1) is 0 Å². The van der Waals surface area contributed by atoms with E-state index >= 15 is 0 Å². The first-order chi connectivity index (χ1) is 10.8. The first-order valence-electron chi connectivity index (χ1n) is 8.09. The molecule has 2 saturated heterocycles. The third kappa shape index (κ3) is 4.23. The second kappa shape index (κ2) is 7.61. The lowest BCUT2D eigenvalue weighted by molar-refractivity contribution is -0.144. The maximum Gasteiger partial charge on any atom is 0.451 e. The third-order valence-corrected chi connectivity index (χ3v) is 4.86.